The molecule has 0 amide bonds. The van der Waals surface area contributed by atoms with E-state index in [-0.39, 0.29) is 0 Å². The van der Waals surface area contributed by atoms with Crippen molar-refractivity contribution in [2.45, 2.75) is 89.4 Å². The van der Waals surface area contributed by atoms with Crippen LogP contribution >= 0.6 is 0 Å². The summed E-state index contributed by atoms with van der Waals surface area (Å²) in [5, 5.41) is 0. The molecule has 2 aliphatic rings. The predicted molar refractivity (Wildman–Crippen MR) is 69.5 cm³/mol. The zero-order chi connectivity index (χ0) is 11.5. The van der Waals surface area contributed by atoms with Crippen LogP contribution in [0.1, 0.15) is 65.2 Å². The minimum absolute atomic E-state index is 0.477. The molecular formula is C14H28N2. The van der Waals surface area contributed by atoms with Crippen LogP contribution in [0.5, 0.6) is 0 Å². The largest absolute Gasteiger partial charge is 0.328 e. The normalized spacial score (nSPS) is 37.3. The molecule has 3 unspecified atom stereocenters. The van der Waals surface area contributed by atoms with Crippen molar-refractivity contribution in [2.75, 3.05) is 0 Å². The Morgan fingerprint density at radius 2 is 1.81 bits per heavy atom. The molecule has 2 nitrogen and oxygen atoms in total. The van der Waals surface area contributed by atoms with Crippen molar-refractivity contribution in [3.05, 3.63) is 0 Å². The van der Waals surface area contributed by atoms with Crippen LogP contribution in [0.3, 0.4) is 0 Å². The molecule has 2 N–H and O–H groups in total. The third kappa shape index (κ3) is 2.43. The average Bonchev–Trinajstić information content (AvgIpc) is 2.25. The molecule has 0 radical (unpaired) electrons. The van der Waals surface area contributed by atoms with Gasteiger partial charge in [-0.05, 0) is 38.5 Å². The van der Waals surface area contributed by atoms with Crippen LogP contribution in [-0.4, -0.2) is 29.1 Å². The van der Waals surface area contributed by atoms with E-state index in [0.29, 0.717) is 6.04 Å². The van der Waals surface area contributed by atoms with Gasteiger partial charge in [0.05, 0.1) is 0 Å². The van der Waals surface area contributed by atoms with Gasteiger partial charge in [0.25, 0.3) is 0 Å². The first-order valence-corrected chi connectivity index (χ1v) is 7.29. The van der Waals surface area contributed by atoms with Gasteiger partial charge in [-0.3, -0.25) is 4.90 Å². The molecule has 0 spiro atoms. The van der Waals surface area contributed by atoms with Crippen LogP contribution < -0.4 is 5.73 Å². The molecule has 16 heavy (non-hydrogen) atoms. The van der Waals surface area contributed by atoms with Crippen molar-refractivity contribution < 1.29 is 0 Å². The van der Waals surface area contributed by atoms with E-state index in [4.69, 9.17) is 5.73 Å². The van der Waals surface area contributed by atoms with Crippen molar-refractivity contribution in [3.63, 3.8) is 0 Å². The predicted octanol–water partition coefficient (Wildman–Crippen LogP) is 2.91. The highest BCUT2D eigenvalue weighted by molar-refractivity contribution is 4.96. The molecule has 2 heterocycles. The molecule has 0 saturated carbocycles. The maximum Gasteiger partial charge on any atom is 0.0116 e. The zero-order valence-corrected chi connectivity index (χ0v) is 11.0. The molecule has 0 aromatic rings. The summed E-state index contributed by atoms with van der Waals surface area (Å²) in [6.07, 6.45) is 10.7. The minimum Gasteiger partial charge on any atom is -0.328 e. The first-order valence-electron chi connectivity index (χ1n) is 7.29. The quantitative estimate of drug-likeness (QED) is 0.795. The third-order valence-electron chi connectivity index (χ3n) is 4.58. The van der Waals surface area contributed by atoms with Gasteiger partial charge in [-0.15, -0.1) is 0 Å². The van der Waals surface area contributed by atoms with Crippen molar-refractivity contribution in [1.29, 1.82) is 0 Å². The lowest BCUT2D eigenvalue weighted by Crippen LogP contribution is -2.58. The topological polar surface area (TPSA) is 29.3 Å². The molecule has 2 rings (SSSR count). The fourth-order valence-corrected chi connectivity index (χ4v) is 3.95. The van der Waals surface area contributed by atoms with Gasteiger partial charge >= 0.3 is 0 Å². The van der Waals surface area contributed by atoms with Crippen molar-refractivity contribution in [1.82, 2.24) is 4.90 Å². The molecule has 94 valence electrons. The monoisotopic (exact) mass is 224 g/mol. The van der Waals surface area contributed by atoms with E-state index in [0.717, 1.165) is 18.1 Å². The summed E-state index contributed by atoms with van der Waals surface area (Å²) in [6.45, 7) is 4.67. The van der Waals surface area contributed by atoms with Gasteiger partial charge in [-0.2, -0.15) is 0 Å². The van der Waals surface area contributed by atoms with Crippen molar-refractivity contribution >= 4 is 0 Å². The smallest absolute Gasteiger partial charge is 0.0116 e. The fraction of sp³-hybridized carbons (Fsp3) is 1.00. The molecule has 0 aromatic carbocycles. The Labute approximate surface area is 101 Å². The summed E-state index contributed by atoms with van der Waals surface area (Å²) in [5.74, 6) is 0. The Kier molecular flexibility index (Phi) is 4.26. The summed E-state index contributed by atoms with van der Waals surface area (Å²) in [4.78, 5) is 2.86. The molecule has 2 fully saturated rings. The Morgan fingerprint density at radius 3 is 2.31 bits per heavy atom. The maximum absolute atomic E-state index is 6.18. The molecular weight excluding hydrogens is 196 g/mol. The van der Waals surface area contributed by atoms with E-state index in [1.54, 1.807) is 0 Å². The van der Waals surface area contributed by atoms with Gasteiger partial charge in [0.1, 0.15) is 0 Å². The lowest BCUT2D eigenvalue weighted by Gasteiger charge is -2.51. The first-order chi connectivity index (χ1) is 7.76. The van der Waals surface area contributed by atoms with E-state index in [9.17, 15) is 0 Å². The van der Waals surface area contributed by atoms with Crippen LogP contribution in [0, 0.1) is 0 Å². The van der Waals surface area contributed by atoms with E-state index in [2.05, 4.69) is 18.7 Å². The Morgan fingerprint density at radius 1 is 1.19 bits per heavy atom. The molecule has 0 aliphatic carbocycles. The van der Waals surface area contributed by atoms with E-state index in [1.165, 1.54) is 51.4 Å². The highest BCUT2D eigenvalue weighted by Gasteiger charge is 2.39. The summed E-state index contributed by atoms with van der Waals surface area (Å²) >= 11 is 0. The average molecular weight is 224 g/mol. The van der Waals surface area contributed by atoms with E-state index >= 15 is 0 Å². The molecule has 0 aromatic heterocycles. The summed E-state index contributed by atoms with van der Waals surface area (Å²) in [5.41, 5.74) is 6.18. The van der Waals surface area contributed by atoms with Crippen LogP contribution in [0.4, 0.5) is 0 Å². The van der Waals surface area contributed by atoms with Crippen LogP contribution in [0.15, 0.2) is 0 Å². The number of hydrogen-bond donors (Lipinski definition) is 1. The highest BCUT2D eigenvalue weighted by atomic mass is 15.2. The zero-order valence-electron chi connectivity index (χ0n) is 11.0. The van der Waals surface area contributed by atoms with Gasteiger partial charge in [0, 0.05) is 24.2 Å². The Hall–Kier alpha value is -0.0800. The molecule has 2 saturated heterocycles. The van der Waals surface area contributed by atoms with Gasteiger partial charge in [0.2, 0.25) is 0 Å². The van der Waals surface area contributed by atoms with E-state index < -0.39 is 0 Å². The van der Waals surface area contributed by atoms with Gasteiger partial charge < -0.3 is 5.73 Å². The summed E-state index contributed by atoms with van der Waals surface area (Å²) in [7, 11) is 0. The number of piperidine rings is 2. The number of nitrogens with two attached hydrogens (primary N) is 1. The van der Waals surface area contributed by atoms with Crippen molar-refractivity contribution in [2.24, 2.45) is 5.73 Å². The maximum atomic E-state index is 6.18. The lowest BCUT2D eigenvalue weighted by atomic mass is 9.80. The first kappa shape index (κ1) is 12.4. The van der Waals surface area contributed by atoms with E-state index in [1.807, 2.05) is 0 Å². The Bertz CT molecular complexity index is 197. The second kappa shape index (κ2) is 5.50. The third-order valence-corrected chi connectivity index (χ3v) is 4.58. The molecule has 3 atom stereocenters. The highest BCUT2D eigenvalue weighted by Crippen LogP contribution is 2.36. The van der Waals surface area contributed by atoms with Gasteiger partial charge in [0.15, 0.2) is 0 Å². The second-order valence-electron chi connectivity index (χ2n) is 5.77. The van der Waals surface area contributed by atoms with Crippen LogP contribution in [0.25, 0.3) is 0 Å². The van der Waals surface area contributed by atoms with Crippen molar-refractivity contribution in [3.8, 4) is 0 Å². The van der Waals surface area contributed by atoms with Crippen LogP contribution in [0.2, 0.25) is 0 Å². The fourth-order valence-electron chi connectivity index (χ4n) is 3.95. The summed E-state index contributed by atoms with van der Waals surface area (Å²) < 4.78 is 0. The number of hydrogen-bond acceptors (Lipinski definition) is 2. The number of rotatable bonds is 4. The standard InChI is InChI=1S/C14H28N2/c1-3-6-12(4-2)16-13-7-5-8-14(16)10-11(15)9-13/h11-14H,3-10,15H2,1-2H3. The number of fused-ring (bicyclic) bond motifs is 2. The van der Waals surface area contributed by atoms with Crippen LogP contribution in [-0.2, 0) is 0 Å². The molecule has 2 aliphatic heterocycles. The second-order valence-corrected chi connectivity index (χ2v) is 5.77. The Balaban J connectivity index is 2.06. The number of nitrogens with zero attached hydrogens (tertiary/aromatic N) is 1. The van der Waals surface area contributed by atoms with Gasteiger partial charge in [-0.1, -0.05) is 26.7 Å². The molecule has 2 heteroatoms. The van der Waals surface area contributed by atoms with Gasteiger partial charge in [-0.25, -0.2) is 0 Å². The SMILES string of the molecule is CCCC(CC)N1C2CCCC1CC(N)C2. The molecule has 2 bridgehead atoms. The lowest BCUT2D eigenvalue weighted by molar-refractivity contribution is -0.00963. The summed E-state index contributed by atoms with van der Waals surface area (Å²) in [6, 6.07) is 2.91. The minimum atomic E-state index is 0.477.